The van der Waals surface area contributed by atoms with Crippen molar-refractivity contribution in [3.05, 3.63) is 41.2 Å². The normalized spacial score (nSPS) is 11.6. The van der Waals surface area contributed by atoms with Crippen LogP contribution < -0.4 is 0 Å². The van der Waals surface area contributed by atoms with Crippen molar-refractivity contribution < 1.29 is 17.6 Å². The van der Waals surface area contributed by atoms with Gasteiger partial charge in [-0.15, -0.1) is 0 Å². The Labute approximate surface area is 153 Å². The molecule has 2 aromatic carbocycles. The summed E-state index contributed by atoms with van der Waals surface area (Å²) in [7, 11) is 0. The summed E-state index contributed by atoms with van der Waals surface area (Å²) in [6.45, 7) is 0. The summed E-state index contributed by atoms with van der Waals surface area (Å²) < 4.78 is 54.0. The summed E-state index contributed by atoms with van der Waals surface area (Å²) >= 11 is 11.6. The van der Waals surface area contributed by atoms with E-state index in [1.165, 1.54) is 0 Å². The van der Waals surface area contributed by atoms with Crippen molar-refractivity contribution in [3.8, 4) is 0 Å². The van der Waals surface area contributed by atoms with E-state index < -0.39 is 23.3 Å². The second kappa shape index (κ2) is 5.64. The zero-order valence-electron chi connectivity index (χ0n) is 9.92. The van der Waals surface area contributed by atoms with Gasteiger partial charge in [-0.1, -0.05) is 0 Å². The molecule has 0 saturated carbocycles. The van der Waals surface area contributed by atoms with Crippen LogP contribution in [-0.2, 0) is 0 Å². The van der Waals surface area contributed by atoms with Crippen LogP contribution in [0.5, 0.6) is 0 Å². The van der Waals surface area contributed by atoms with Crippen LogP contribution in [-0.4, -0.2) is 9.97 Å². The second-order valence-corrected chi connectivity index (χ2v) is 7.30. The molecule has 0 bridgehead atoms. The maximum absolute atomic E-state index is 13.8. The fourth-order valence-electron chi connectivity index (χ4n) is 1.85. The van der Waals surface area contributed by atoms with Crippen molar-refractivity contribution in [1.82, 2.24) is 9.97 Å². The number of benzene rings is 2. The molecule has 0 saturated heterocycles. The van der Waals surface area contributed by atoms with E-state index in [1.54, 1.807) is 0 Å². The number of hydrogen-bond acceptors (Lipinski definition) is 2. The van der Waals surface area contributed by atoms with Gasteiger partial charge in [0.15, 0.2) is 23.3 Å². The van der Waals surface area contributed by atoms with Crippen LogP contribution in [0.15, 0.2) is 17.9 Å². The minimum atomic E-state index is -1.16. The molecule has 22 heavy (non-hydrogen) atoms. The average molecular weight is 568 g/mol. The summed E-state index contributed by atoms with van der Waals surface area (Å²) in [5.41, 5.74) is -0.123. The van der Waals surface area contributed by atoms with E-state index in [0.29, 0.717) is 0 Å². The quantitative estimate of drug-likeness (QED) is 0.136. The molecule has 0 spiro atoms. The molecular formula is C12Br4F4N2. The average Bonchev–Trinajstić information content (AvgIpc) is 2.52. The lowest BCUT2D eigenvalue weighted by atomic mass is 10.2. The molecule has 0 aliphatic carbocycles. The summed E-state index contributed by atoms with van der Waals surface area (Å²) in [4.78, 5) is 8.15. The first-order valence-corrected chi connectivity index (χ1v) is 8.58. The highest BCUT2D eigenvalue weighted by Crippen LogP contribution is 2.39. The molecule has 114 valence electrons. The Hall–Kier alpha value is -0.320. The Morgan fingerprint density at radius 2 is 0.636 bits per heavy atom. The van der Waals surface area contributed by atoms with Gasteiger partial charge in [-0.05, 0) is 63.7 Å². The van der Waals surface area contributed by atoms with E-state index in [-0.39, 0.29) is 40.0 Å². The van der Waals surface area contributed by atoms with Crippen LogP contribution in [0.25, 0.3) is 22.1 Å². The summed E-state index contributed by atoms with van der Waals surface area (Å²) in [5.74, 6) is -4.65. The molecule has 1 heterocycles. The number of fused-ring (bicyclic) bond motifs is 2. The van der Waals surface area contributed by atoms with Gasteiger partial charge in [0.1, 0.15) is 22.1 Å². The van der Waals surface area contributed by atoms with Gasteiger partial charge in [-0.25, -0.2) is 27.5 Å². The second-order valence-electron chi connectivity index (χ2n) is 4.13. The van der Waals surface area contributed by atoms with Gasteiger partial charge in [-0.3, -0.25) is 0 Å². The van der Waals surface area contributed by atoms with Crippen molar-refractivity contribution >= 4 is 85.8 Å². The molecule has 0 N–H and O–H groups in total. The topological polar surface area (TPSA) is 25.8 Å². The number of halogens is 8. The molecule has 0 radical (unpaired) electrons. The molecule has 3 rings (SSSR count). The predicted molar refractivity (Wildman–Crippen MR) is 87.7 cm³/mol. The summed E-state index contributed by atoms with van der Waals surface area (Å²) in [6, 6.07) is 0. The zero-order chi connectivity index (χ0) is 16.3. The lowest BCUT2D eigenvalue weighted by Gasteiger charge is -2.10. The third kappa shape index (κ3) is 2.22. The Morgan fingerprint density at radius 3 is 0.818 bits per heavy atom. The van der Waals surface area contributed by atoms with E-state index in [1.807, 2.05) is 0 Å². The Balaban J connectivity index is 2.64. The smallest absolute Gasteiger partial charge is 0.176 e. The fourth-order valence-corrected chi connectivity index (χ4v) is 3.65. The van der Waals surface area contributed by atoms with Crippen molar-refractivity contribution in [1.29, 1.82) is 0 Å². The maximum Gasteiger partial charge on any atom is 0.176 e. The SMILES string of the molecule is Fc1c(F)c(Br)c2nc3c(Br)c(F)c(F)c(Br)c3nc2c1Br. The first kappa shape index (κ1) is 16.5. The van der Waals surface area contributed by atoms with Crippen LogP contribution >= 0.6 is 63.7 Å². The van der Waals surface area contributed by atoms with Crippen molar-refractivity contribution in [2.75, 3.05) is 0 Å². The highest BCUT2D eigenvalue weighted by molar-refractivity contribution is 9.11. The van der Waals surface area contributed by atoms with Gasteiger partial charge in [0.25, 0.3) is 0 Å². The highest BCUT2D eigenvalue weighted by atomic mass is 79.9. The first-order valence-electron chi connectivity index (χ1n) is 5.41. The van der Waals surface area contributed by atoms with Gasteiger partial charge in [0, 0.05) is 0 Å². The largest absolute Gasteiger partial charge is 0.242 e. The number of hydrogen-bond donors (Lipinski definition) is 0. The van der Waals surface area contributed by atoms with Crippen LogP contribution in [0.4, 0.5) is 17.6 Å². The van der Waals surface area contributed by atoms with Gasteiger partial charge in [0.05, 0.1) is 17.9 Å². The van der Waals surface area contributed by atoms with Gasteiger partial charge in [0.2, 0.25) is 0 Å². The Morgan fingerprint density at radius 1 is 0.455 bits per heavy atom. The third-order valence-electron chi connectivity index (χ3n) is 2.88. The number of rotatable bonds is 0. The van der Waals surface area contributed by atoms with E-state index in [9.17, 15) is 17.6 Å². The van der Waals surface area contributed by atoms with Crippen LogP contribution in [0.1, 0.15) is 0 Å². The molecule has 0 aliphatic rings. The van der Waals surface area contributed by atoms with E-state index in [0.717, 1.165) is 0 Å². The molecule has 10 heteroatoms. The number of nitrogens with zero attached hydrogens (tertiary/aromatic N) is 2. The molecule has 2 nitrogen and oxygen atoms in total. The molecule has 3 aromatic rings. The Kier molecular flexibility index (Phi) is 4.24. The van der Waals surface area contributed by atoms with E-state index >= 15 is 0 Å². The molecule has 0 atom stereocenters. The van der Waals surface area contributed by atoms with Gasteiger partial charge >= 0.3 is 0 Å². The van der Waals surface area contributed by atoms with Crippen LogP contribution in [0, 0.1) is 23.3 Å². The molecule has 0 aliphatic heterocycles. The maximum atomic E-state index is 13.8. The van der Waals surface area contributed by atoms with E-state index in [4.69, 9.17) is 0 Å². The van der Waals surface area contributed by atoms with Gasteiger partial charge in [-0.2, -0.15) is 0 Å². The standard InChI is InChI=1S/C12Br4F4N2/c13-1-5(17)6(18)2(14)10-9(1)21-11-3(15)7(19)8(20)4(16)12(11)22-10. The molecule has 0 fully saturated rings. The Bertz CT molecular complexity index is 824. The van der Waals surface area contributed by atoms with Crippen molar-refractivity contribution in [2.24, 2.45) is 0 Å². The van der Waals surface area contributed by atoms with E-state index in [2.05, 4.69) is 73.7 Å². The summed E-state index contributed by atoms with van der Waals surface area (Å²) in [6.07, 6.45) is 0. The lowest BCUT2D eigenvalue weighted by molar-refractivity contribution is 0.501. The fraction of sp³-hybridized carbons (Fsp3) is 0. The predicted octanol–water partition coefficient (Wildman–Crippen LogP) is 6.39. The zero-order valence-corrected chi connectivity index (χ0v) is 16.3. The van der Waals surface area contributed by atoms with Crippen LogP contribution in [0.2, 0.25) is 0 Å². The van der Waals surface area contributed by atoms with Crippen molar-refractivity contribution in [3.63, 3.8) is 0 Å². The molecule has 0 amide bonds. The monoisotopic (exact) mass is 564 g/mol. The third-order valence-corrected chi connectivity index (χ3v) is 5.78. The minimum absolute atomic E-state index is 0.0307. The lowest BCUT2D eigenvalue weighted by Crippen LogP contribution is -2.00. The highest BCUT2D eigenvalue weighted by Gasteiger charge is 2.24. The molecule has 1 aromatic heterocycles. The van der Waals surface area contributed by atoms with Crippen LogP contribution in [0.3, 0.4) is 0 Å². The van der Waals surface area contributed by atoms with Crippen molar-refractivity contribution in [2.45, 2.75) is 0 Å². The molecule has 0 unspecified atom stereocenters. The minimum Gasteiger partial charge on any atom is -0.242 e. The molecular weight excluding hydrogens is 568 g/mol. The summed E-state index contributed by atoms with van der Waals surface area (Å²) in [5, 5.41) is 0. The first-order chi connectivity index (χ1) is 10.3. The van der Waals surface area contributed by atoms with Gasteiger partial charge < -0.3 is 0 Å². The number of aromatic nitrogens is 2.